The molecule has 0 bridgehead atoms. The largest absolute Gasteiger partial charge is 0.411 e. The Morgan fingerprint density at radius 1 is 1.15 bits per heavy atom. The number of carbonyl (C=O) groups excluding carboxylic acids is 2. The first-order chi connectivity index (χ1) is 13.0. The van der Waals surface area contributed by atoms with Crippen LogP contribution in [0, 0.1) is 0 Å². The molecule has 27 heavy (non-hydrogen) atoms. The van der Waals surface area contributed by atoms with Gasteiger partial charge < -0.3 is 15.1 Å². The highest BCUT2D eigenvalue weighted by molar-refractivity contribution is 7.99. The number of carbonyl (C=O) groups is 2. The summed E-state index contributed by atoms with van der Waals surface area (Å²) >= 11 is 7.08. The molecule has 9 heteroatoms. The van der Waals surface area contributed by atoms with Crippen molar-refractivity contribution >= 4 is 40.9 Å². The maximum atomic E-state index is 12.1. The number of anilines is 1. The number of nitrogens with zero attached hydrogens (tertiary/aromatic N) is 2. The molecule has 0 unspecified atom stereocenters. The highest BCUT2D eigenvalue weighted by Crippen LogP contribution is 2.25. The molecule has 0 atom stereocenters. The van der Waals surface area contributed by atoms with Gasteiger partial charge in [-0.25, -0.2) is 0 Å². The molecule has 2 amide bonds. The summed E-state index contributed by atoms with van der Waals surface area (Å²) in [7, 11) is 1.56. The van der Waals surface area contributed by atoms with Gasteiger partial charge in [0.25, 0.3) is 11.1 Å². The van der Waals surface area contributed by atoms with Crippen LogP contribution in [0.2, 0.25) is 5.02 Å². The normalized spacial score (nSPS) is 10.4. The molecular formula is C18H15ClN4O3S. The summed E-state index contributed by atoms with van der Waals surface area (Å²) in [5.74, 6) is 0.0321. The fourth-order valence-corrected chi connectivity index (χ4v) is 2.93. The van der Waals surface area contributed by atoms with Crippen molar-refractivity contribution in [1.29, 1.82) is 0 Å². The van der Waals surface area contributed by atoms with Gasteiger partial charge in [0.2, 0.25) is 11.8 Å². The molecule has 3 rings (SSSR count). The second kappa shape index (κ2) is 8.70. The minimum absolute atomic E-state index is 0.106. The van der Waals surface area contributed by atoms with Gasteiger partial charge in [-0.3, -0.25) is 9.59 Å². The van der Waals surface area contributed by atoms with Gasteiger partial charge in [-0.15, -0.1) is 10.2 Å². The Morgan fingerprint density at radius 2 is 1.93 bits per heavy atom. The van der Waals surface area contributed by atoms with Crippen LogP contribution in [0.1, 0.15) is 10.4 Å². The van der Waals surface area contributed by atoms with Crippen molar-refractivity contribution < 1.29 is 14.0 Å². The molecule has 0 aliphatic rings. The highest BCUT2D eigenvalue weighted by Gasteiger charge is 2.12. The van der Waals surface area contributed by atoms with Crippen molar-refractivity contribution in [3.8, 4) is 11.5 Å². The van der Waals surface area contributed by atoms with Gasteiger partial charge in [0.05, 0.1) is 5.75 Å². The topological polar surface area (TPSA) is 97.1 Å². The molecule has 0 saturated heterocycles. The van der Waals surface area contributed by atoms with Gasteiger partial charge in [-0.1, -0.05) is 29.4 Å². The van der Waals surface area contributed by atoms with Gasteiger partial charge in [-0.05, 0) is 42.5 Å². The molecule has 0 fully saturated rings. The van der Waals surface area contributed by atoms with Crippen LogP contribution in [-0.2, 0) is 4.79 Å². The third-order valence-corrected chi connectivity index (χ3v) is 4.52. The van der Waals surface area contributed by atoms with E-state index >= 15 is 0 Å². The van der Waals surface area contributed by atoms with Crippen molar-refractivity contribution in [2.24, 2.45) is 0 Å². The zero-order chi connectivity index (χ0) is 19.2. The van der Waals surface area contributed by atoms with Crippen LogP contribution in [0.15, 0.2) is 58.2 Å². The fourth-order valence-electron chi connectivity index (χ4n) is 2.18. The van der Waals surface area contributed by atoms with E-state index in [-0.39, 0.29) is 22.8 Å². The first-order valence-corrected chi connectivity index (χ1v) is 9.26. The van der Waals surface area contributed by atoms with E-state index < -0.39 is 0 Å². The van der Waals surface area contributed by atoms with E-state index in [1.165, 1.54) is 0 Å². The first kappa shape index (κ1) is 18.9. The van der Waals surface area contributed by atoms with E-state index in [9.17, 15) is 9.59 Å². The summed E-state index contributed by atoms with van der Waals surface area (Å²) < 4.78 is 5.54. The maximum absolute atomic E-state index is 12.1. The van der Waals surface area contributed by atoms with Crippen molar-refractivity contribution in [3.63, 3.8) is 0 Å². The third-order valence-electron chi connectivity index (χ3n) is 3.46. The quantitative estimate of drug-likeness (QED) is 0.612. The summed E-state index contributed by atoms with van der Waals surface area (Å²) in [4.78, 5) is 23.6. The van der Waals surface area contributed by atoms with E-state index in [0.717, 1.165) is 11.8 Å². The summed E-state index contributed by atoms with van der Waals surface area (Å²) in [5.41, 5.74) is 1.82. The summed E-state index contributed by atoms with van der Waals surface area (Å²) in [5, 5.41) is 14.0. The summed E-state index contributed by atoms with van der Waals surface area (Å²) in [6, 6.07) is 13.7. The van der Waals surface area contributed by atoms with E-state index in [4.69, 9.17) is 16.0 Å². The van der Waals surface area contributed by atoms with Gasteiger partial charge in [0.15, 0.2) is 0 Å². The van der Waals surface area contributed by atoms with E-state index in [1.807, 2.05) is 6.07 Å². The number of hydrogen-bond donors (Lipinski definition) is 2. The lowest BCUT2D eigenvalue weighted by Gasteiger charge is -2.05. The molecule has 0 aliphatic carbocycles. The Balaban J connectivity index is 1.54. The Kier molecular flexibility index (Phi) is 6.10. The van der Waals surface area contributed by atoms with Crippen LogP contribution in [-0.4, -0.2) is 34.8 Å². The van der Waals surface area contributed by atoms with Crippen LogP contribution >= 0.6 is 23.4 Å². The van der Waals surface area contributed by atoms with Crippen LogP contribution in [0.3, 0.4) is 0 Å². The van der Waals surface area contributed by atoms with Crippen molar-refractivity contribution in [3.05, 3.63) is 59.1 Å². The molecule has 0 aliphatic heterocycles. The predicted molar refractivity (Wildman–Crippen MR) is 104 cm³/mol. The summed E-state index contributed by atoms with van der Waals surface area (Å²) in [6.07, 6.45) is 0. The lowest BCUT2D eigenvalue weighted by Crippen LogP contribution is -2.18. The van der Waals surface area contributed by atoms with Gasteiger partial charge in [-0.2, -0.15) is 0 Å². The van der Waals surface area contributed by atoms with Gasteiger partial charge >= 0.3 is 0 Å². The van der Waals surface area contributed by atoms with Gasteiger partial charge in [0, 0.05) is 28.9 Å². The number of benzene rings is 2. The second-order valence-electron chi connectivity index (χ2n) is 5.38. The Hall–Kier alpha value is -2.84. The van der Waals surface area contributed by atoms with Crippen molar-refractivity contribution in [2.45, 2.75) is 5.22 Å². The molecular weight excluding hydrogens is 388 g/mol. The number of amides is 2. The lowest BCUT2D eigenvalue weighted by atomic mass is 10.2. The molecule has 0 radical (unpaired) electrons. The zero-order valence-electron chi connectivity index (χ0n) is 14.2. The molecule has 138 valence electrons. The molecule has 0 saturated carbocycles. The number of thioether (sulfide) groups is 1. The predicted octanol–water partition coefficient (Wildman–Crippen LogP) is 3.48. The SMILES string of the molecule is CNC(=O)c1ccc(NC(=O)CSc2nnc(-c3cccc(Cl)c3)o2)cc1. The van der Waals surface area contributed by atoms with Crippen LogP contribution in [0.5, 0.6) is 0 Å². The molecule has 1 heterocycles. The highest BCUT2D eigenvalue weighted by atomic mass is 35.5. The van der Waals surface area contributed by atoms with E-state index in [2.05, 4.69) is 20.8 Å². The minimum atomic E-state index is -0.227. The zero-order valence-corrected chi connectivity index (χ0v) is 15.8. The smallest absolute Gasteiger partial charge is 0.277 e. The Morgan fingerprint density at radius 3 is 2.63 bits per heavy atom. The number of rotatable bonds is 6. The van der Waals surface area contributed by atoms with Crippen LogP contribution < -0.4 is 10.6 Å². The monoisotopic (exact) mass is 402 g/mol. The standard InChI is InChI=1S/C18H15ClN4O3S/c1-20-16(25)11-5-7-14(8-6-11)21-15(24)10-27-18-23-22-17(26-18)12-3-2-4-13(19)9-12/h2-9H,10H2,1H3,(H,20,25)(H,21,24). The van der Waals surface area contributed by atoms with Crippen LogP contribution in [0.4, 0.5) is 5.69 Å². The van der Waals surface area contributed by atoms with E-state index in [0.29, 0.717) is 27.7 Å². The average molecular weight is 403 g/mol. The van der Waals surface area contributed by atoms with Crippen molar-refractivity contribution in [2.75, 3.05) is 18.1 Å². The first-order valence-electron chi connectivity index (χ1n) is 7.89. The third kappa shape index (κ3) is 5.08. The molecule has 0 spiro atoms. The van der Waals surface area contributed by atoms with Crippen molar-refractivity contribution in [1.82, 2.24) is 15.5 Å². The Bertz CT molecular complexity index is 959. The molecule has 2 N–H and O–H groups in total. The molecule has 7 nitrogen and oxygen atoms in total. The van der Waals surface area contributed by atoms with Crippen LogP contribution in [0.25, 0.3) is 11.5 Å². The van der Waals surface area contributed by atoms with Gasteiger partial charge in [0.1, 0.15) is 0 Å². The second-order valence-corrected chi connectivity index (χ2v) is 6.74. The number of aromatic nitrogens is 2. The molecule has 2 aromatic carbocycles. The number of halogens is 1. The Labute approximate surface area is 164 Å². The molecule has 3 aromatic rings. The number of hydrogen-bond acceptors (Lipinski definition) is 6. The number of nitrogens with one attached hydrogen (secondary N) is 2. The minimum Gasteiger partial charge on any atom is -0.411 e. The van der Waals surface area contributed by atoms with E-state index in [1.54, 1.807) is 49.5 Å². The summed E-state index contributed by atoms with van der Waals surface area (Å²) in [6.45, 7) is 0. The maximum Gasteiger partial charge on any atom is 0.277 e. The average Bonchev–Trinajstić information content (AvgIpc) is 3.15. The fraction of sp³-hybridized carbons (Fsp3) is 0.111. The molecule has 1 aromatic heterocycles. The lowest BCUT2D eigenvalue weighted by molar-refractivity contribution is -0.113.